The molecule has 186 valence electrons. The van der Waals surface area contributed by atoms with Gasteiger partial charge in [-0.2, -0.15) is 0 Å². The predicted molar refractivity (Wildman–Crippen MR) is 126 cm³/mol. The number of aliphatic hydroxyl groups excluding tert-OH is 1. The zero-order valence-corrected chi connectivity index (χ0v) is 20.7. The van der Waals surface area contributed by atoms with E-state index < -0.39 is 42.2 Å². The van der Waals surface area contributed by atoms with Crippen LogP contribution in [0.3, 0.4) is 0 Å². The summed E-state index contributed by atoms with van der Waals surface area (Å²) in [4.78, 5) is 40.5. The second-order valence-electron chi connectivity index (χ2n) is 9.71. The van der Waals surface area contributed by atoms with Crippen LogP contribution in [0.25, 0.3) is 0 Å². The van der Waals surface area contributed by atoms with Gasteiger partial charge in [0.1, 0.15) is 23.4 Å². The van der Waals surface area contributed by atoms with Crippen molar-refractivity contribution in [3.63, 3.8) is 0 Å². The number of rotatable bonds is 10. The highest BCUT2D eigenvalue weighted by molar-refractivity contribution is 5.92. The first-order valence-corrected chi connectivity index (χ1v) is 11.3. The first-order chi connectivity index (χ1) is 15.3. The Morgan fingerprint density at radius 2 is 1.67 bits per heavy atom. The van der Waals surface area contributed by atoms with E-state index in [1.165, 1.54) is 11.0 Å². The third-order valence-electron chi connectivity index (χ3n) is 4.54. The Morgan fingerprint density at radius 3 is 2.15 bits per heavy atom. The van der Waals surface area contributed by atoms with Crippen molar-refractivity contribution in [3.05, 3.63) is 29.8 Å². The normalized spacial score (nSPS) is 13.4. The van der Waals surface area contributed by atoms with Crippen LogP contribution >= 0.6 is 0 Å². The van der Waals surface area contributed by atoms with Gasteiger partial charge in [0, 0.05) is 18.2 Å². The lowest BCUT2D eigenvalue weighted by Crippen LogP contribution is -2.54. The van der Waals surface area contributed by atoms with Gasteiger partial charge in [0.05, 0.1) is 6.61 Å². The summed E-state index contributed by atoms with van der Waals surface area (Å²) in [7, 11) is 0. The zero-order chi connectivity index (χ0) is 25.3. The van der Waals surface area contributed by atoms with Crippen LogP contribution in [0.2, 0.25) is 0 Å². The van der Waals surface area contributed by atoms with Crippen molar-refractivity contribution in [1.82, 2.24) is 15.5 Å². The molecule has 0 aromatic heterocycles. The molecule has 1 aromatic rings. The van der Waals surface area contributed by atoms with Crippen LogP contribution in [0, 0.1) is 5.92 Å². The number of aliphatic hydroxyl groups is 1. The number of nitrogens with zero attached hydrogens (tertiary/aromatic N) is 1. The summed E-state index contributed by atoms with van der Waals surface area (Å²) in [5, 5.41) is 25.6. The molecule has 33 heavy (non-hydrogen) atoms. The Morgan fingerprint density at radius 1 is 1.06 bits per heavy atom. The van der Waals surface area contributed by atoms with Gasteiger partial charge in [0.2, 0.25) is 11.8 Å². The maximum atomic E-state index is 13.7. The summed E-state index contributed by atoms with van der Waals surface area (Å²) in [6, 6.07) is 3.82. The average molecular weight is 466 g/mol. The summed E-state index contributed by atoms with van der Waals surface area (Å²) < 4.78 is 5.31. The predicted octanol–water partition coefficient (Wildman–Crippen LogP) is 2.72. The molecule has 0 fully saturated rings. The molecule has 1 aromatic carbocycles. The summed E-state index contributed by atoms with van der Waals surface area (Å²) >= 11 is 0. The molecule has 0 bridgehead atoms. The number of benzene rings is 1. The van der Waals surface area contributed by atoms with Gasteiger partial charge in [-0.25, -0.2) is 4.79 Å². The van der Waals surface area contributed by atoms with Crippen molar-refractivity contribution >= 4 is 17.9 Å². The van der Waals surface area contributed by atoms with E-state index in [0.717, 1.165) is 0 Å². The van der Waals surface area contributed by atoms with E-state index in [0.29, 0.717) is 6.42 Å². The lowest BCUT2D eigenvalue weighted by molar-refractivity contribution is -0.143. The first-order valence-electron chi connectivity index (χ1n) is 11.3. The van der Waals surface area contributed by atoms with Gasteiger partial charge < -0.3 is 30.5 Å². The fourth-order valence-electron chi connectivity index (χ4n) is 3.35. The number of hydrogen-bond donors (Lipinski definition) is 4. The summed E-state index contributed by atoms with van der Waals surface area (Å²) in [5.41, 5.74) is -0.534. The molecule has 4 N–H and O–H groups in total. The molecule has 3 amide bonds. The monoisotopic (exact) mass is 465 g/mol. The molecule has 0 heterocycles. The van der Waals surface area contributed by atoms with Crippen molar-refractivity contribution in [1.29, 1.82) is 0 Å². The number of hydrogen-bond acceptors (Lipinski definition) is 6. The number of phenolic OH excluding ortho intramolecular Hbond substituents is 1. The van der Waals surface area contributed by atoms with Gasteiger partial charge in [0.25, 0.3) is 0 Å². The number of carbonyl (C=O) groups is 3. The fourth-order valence-corrected chi connectivity index (χ4v) is 3.35. The van der Waals surface area contributed by atoms with Gasteiger partial charge in [-0.1, -0.05) is 32.0 Å². The number of alkyl carbamates (subject to hydrolysis) is 1. The van der Waals surface area contributed by atoms with Crippen molar-refractivity contribution in [2.45, 2.75) is 78.6 Å². The molecule has 0 spiro atoms. The number of ether oxygens (including phenoxy) is 1. The Labute approximate surface area is 196 Å². The van der Waals surface area contributed by atoms with Crippen LogP contribution < -0.4 is 10.6 Å². The van der Waals surface area contributed by atoms with Gasteiger partial charge in [-0.05, 0) is 53.0 Å². The molecule has 1 rings (SSSR count). The fraction of sp³-hybridized carbons (Fsp3) is 0.625. The van der Waals surface area contributed by atoms with Crippen molar-refractivity contribution in [3.8, 4) is 5.75 Å². The molecule has 2 unspecified atom stereocenters. The molecule has 0 aliphatic rings. The SMILES string of the molecule is CC(C)CC(NC(=O)OC(C)(C)C)C(=O)N(CCO)C(C(=O)NC(C)C)c1ccccc1O. The largest absolute Gasteiger partial charge is 0.508 e. The van der Waals surface area contributed by atoms with E-state index in [-0.39, 0.29) is 29.8 Å². The summed E-state index contributed by atoms with van der Waals surface area (Å²) in [6.07, 6.45) is -0.463. The Hall–Kier alpha value is -2.81. The first kappa shape index (κ1) is 28.2. The van der Waals surface area contributed by atoms with Gasteiger partial charge >= 0.3 is 6.09 Å². The number of nitrogens with one attached hydrogen (secondary N) is 2. The minimum Gasteiger partial charge on any atom is -0.508 e. The third-order valence-corrected chi connectivity index (χ3v) is 4.54. The van der Waals surface area contributed by atoms with E-state index in [1.54, 1.807) is 52.8 Å². The van der Waals surface area contributed by atoms with Crippen molar-refractivity contribution in [2.75, 3.05) is 13.2 Å². The maximum Gasteiger partial charge on any atom is 0.408 e. The van der Waals surface area contributed by atoms with E-state index >= 15 is 0 Å². The quantitative estimate of drug-likeness (QED) is 0.421. The molecule has 0 saturated heterocycles. The van der Waals surface area contributed by atoms with Crippen molar-refractivity contribution < 1.29 is 29.3 Å². The van der Waals surface area contributed by atoms with Gasteiger partial charge in [0.15, 0.2) is 0 Å². The molecule has 0 radical (unpaired) electrons. The minimum atomic E-state index is -1.21. The molecule has 0 aliphatic carbocycles. The van der Waals surface area contributed by atoms with Crippen LogP contribution in [0.15, 0.2) is 24.3 Å². The Kier molecular flexibility index (Phi) is 10.6. The summed E-state index contributed by atoms with van der Waals surface area (Å²) in [5.74, 6) is -1.18. The second kappa shape index (κ2) is 12.4. The van der Waals surface area contributed by atoms with E-state index in [1.807, 2.05) is 13.8 Å². The van der Waals surface area contributed by atoms with Crippen molar-refractivity contribution in [2.24, 2.45) is 5.92 Å². The molecular formula is C24H39N3O6. The topological polar surface area (TPSA) is 128 Å². The maximum absolute atomic E-state index is 13.7. The van der Waals surface area contributed by atoms with E-state index in [4.69, 9.17) is 4.74 Å². The van der Waals surface area contributed by atoms with Gasteiger partial charge in [-0.3, -0.25) is 9.59 Å². The highest BCUT2D eigenvalue weighted by atomic mass is 16.6. The highest BCUT2D eigenvalue weighted by Crippen LogP contribution is 2.30. The number of carbonyl (C=O) groups excluding carboxylic acids is 3. The van der Waals surface area contributed by atoms with Gasteiger partial charge in [-0.15, -0.1) is 0 Å². The second-order valence-corrected chi connectivity index (χ2v) is 9.71. The van der Waals surface area contributed by atoms with Crippen LogP contribution in [0.4, 0.5) is 4.79 Å². The standard InChI is InChI=1S/C24H39N3O6/c1-15(2)14-18(26-23(32)33-24(5,6)7)22(31)27(12-13-28)20(21(30)25-16(3)4)17-10-8-9-11-19(17)29/h8-11,15-16,18,20,28-29H,12-14H2,1-7H3,(H,25,30)(H,26,32). The van der Waals surface area contributed by atoms with Crippen LogP contribution in [-0.4, -0.2) is 63.9 Å². The summed E-state index contributed by atoms with van der Waals surface area (Å²) in [6.45, 7) is 11.9. The molecule has 9 nitrogen and oxygen atoms in total. The molecule has 2 atom stereocenters. The molecule has 0 saturated carbocycles. The number of aromatic hydroxyl groups is 1. The Bertz CT molecular complexity index is 804. The van der Waals surface area contributed by atoms with Crippen LogP contribution in [0.1, 0.15) is 66.5 Å². The minimum absolute atomic E-state index is 0.0398. The highest BCUT2D eigenvalue weighted by Gasteiger charge is 2.37. The molecule has 0 aliphatic heterocycles. The van der Waals surface area contributed by atoms with E-state index in [2.05, 4.69) is 10.6 Å². The van der Waals surface area contributed by atoms with E-state index in [9.17, 15) is 24.6 Å². The zero-order valence-electron chi connectivity index (χ0n) is 20.7. The molecule has 9 heteroatoms. The van der Waals surface area contributed by atoms with Crippen LogP contribution in [-0.2, 0) is 14.3 Å². The third kappa shape index (κ3) is 9.29. The Balaban J connectivity index is 3.42. The number of phenols is 1. The lowest BCUT2D eigenvalue weighted by Gasteiger charge is -2.35. The lowest BCUT2D eigenvalue weighted by atomic mass is 9.98. The number of amides is 3. The molecular weight excluding hydrogens is 426 g/mol. The smallest absolute Gasteiger partial charge is 0.408 e. The average Bonchev–Trinajstić information content (AvgIpc) is 2.65. The van der Waals surface area contributed by atoms with Crippen LogP contribution in [0.5, 0.6) is 5.75 Å². The number of para-hydroxylation sites is 1.